The summed E-state index contributed by atoms with van der Waals surface area (Å²) in [6.45, 7) is 1.66. The van der Waals surface area contributed by atoms with Crippen LogP contribution in [0, 0.1) is 0 Å². The molecule has 0 spiro atoms. The van der Waals surface area contributed by atoms with Gasteiger partial charge in [0.2, 0.25) is 0 Å². The molecular formula is C18H16BrNO3. The summed E-state index contributed by atoms with van der Waals surface area (Å²) in [6.07, 6.45) is 0. The van der Waals surface area contributed by atoms with Crippen LogP contribution in [0.15, 0.2) is 63.5 Å². The Morgan fingerprint density at radius 1 is 1.22 bits per heavy atom. The number of furan rings is 1. The summed E-state index contributed by atoms with van der Waals surface area (Å²) < 4.78 is 6.39. The Kier molecular flexibility index (Phi) is 4.24. The maximum absolute atomic E-state index is 12.2. The zero-order valence-corrected chi connectivity index (χ0v) is 14.1. The zero-order chi connectivity index (χ0) is 16.4. The van der Waals surface area contributed by atoms with Crippen LogP contribution in [0.2, 0.25) is 0 Å². The second-order valence-electron chi connectivity index (χ2n) is 5.58. The molecule has 1 heterocycles. The molecule has 2 aromatic carbocycles. The van der Waals surface area contributed by atoms with Gasteiger partial charge in [0.15, 0.2) is 0 Å². The van der Waals surface area contributed by atoms with Crippen LogP contribution in [0.5, 0.6) is 0 Å². The third-order valence-electron chi connectivity index (χ3n) is 3.67. The minimum Gasteiger partial charge on any atom is -0.458 e. The van der Waals surface area contributed by atoms with E-state index in [1.807, 2.05) is 30.3 Å². The number of fused-ring (bicyclic) bond motifs is 1. The summed E-state index contributed by atoms with van der Waals surface area (Å²) in [4.78, 5) is 12.2. The van der Waals surface area contributed by atoms with Gasteiger partial charge in [-0.05, 0) is 47.1 Å². The predicted octanol–water partition coefficient (Wildman–Crippen LogP) is 3.83. The predicted molar refractivity (Wildman–Crippen MR) is 92.3 cm³/mol. The number of rotatable bonds is 4. The van der Waals surface area contributed by atoms with Crippen LogP contribution in [-0.2, 0) is 5.60 Å². The Labute approximate surface area is 142 Å². The first-order valence-electron chi connectivity index (χ1n) is 7.21. The number of halogens is 1. The van der Waals surface area contributed by atoms with E-state index in [0.717, 1.165) is 5.39 Å². The van der Waals surface area contributed by atoms with E-state index in [4.69, 9.17) is 4.42 Å². The molecule has 0 unspecified atom stereocenters. The number of aliphatic hydroxyl groups is 1. The van der Waals surface area contributed by atoms with Crippen molar-refractivity contribution in [2.45, 2.75) is 12.5 Å². The lowest BCUT2D eigenvalue weighted by molar-refractivity contribution is 0.0344. The van der Waals surface area contributed by atoms with Crippen LogP contribution >= 0.6 is 15.9 Å². The Bertz CT molecular complexity index is 821. The average Bonchev–Trinajstić information content (AvgIpc) is 2.98. The highest BCUT2D eigenvalue weighted by Crippen LogP contribution is 2.27. The Balaban J connectivity index is 1.76. The Morgan fingerprint density at radius 2 is 1.91 bits per heavy atom. The highest BCUT2D eigenvalue weighted by atomic mass is 79.9. The molecule has 0 aliphatic carbocycles. The molecule has 4 nitrogen and oxygen atoms in total. The van der Waals surface area contributed by atoms with Gasteiger partial charge in [-0.2, -0.15) is 0 Å². The first kappa shape index (κ1) is 15.8. The number of hydrogen-bond acceptors (Lipinski definition) is 3. The minimum absolute atomic E-state index is 0.0486. The SMILES string of the molecule is C[C@](O)(CNC(=O)c1ccccc1Br)c1cc2ccccc2o1. The van der Waals surface area contributed by atoms with Gasteiger partial charge >= 0.3 is 0 Å². The topological polar surface area (TPSA) is 62.5 Å². The fraction of sp³-hybridized carbons (Fsp3) is 0.167. The lowest BCUT2D eigenvalue weighted by Gasteiger charge is -2.21. The van der Waals surface area contributed by atoms with E-state index >= 15 is 0 Å². The van der Waals surface area contributed by atoms with Gasteiger partial charge in [-0.15, -0.1) is 0 Å². The summed E-state index contributed by atoms with van der Waals surface area (Å²) in [5.41, 5.74) is -0.0662. The van der Waals surface area contributed by atoms with E-state index in [-0.39, 0.29) is 12.5 Å². The summed E-state index contributed by atoms with van der Waals surface area (Å²) >= 11 is 3.34. The lowest BCUT2D eigenvalue weighted by Crippen LogP contribution is -2.38. The molecule has 0 saturated heterocycles. The summed E-state index contributed by atoms with van der Waals surface area (Å²) in [5, 5.41) is 14.3. The van der Waals surface area contributed by atoms with Gasteiger partial charge in [0.05, 0.1) is 12.1 Å². The first-order valence-corrected chi connectivity index (χ1v) is 8.01. The second-order valence-corrected chi connectivity index (χ2v) is 6.44. The summed E-state index contributed by atoms with van der Waals surface area (Å²) in [5.74, 6) is 0.167. The van der Waals surface area contributed by atoms with E-state index < -0.39 is 5.60 Å². The largest absolute Gasteiger partial charge is 0.458 e. The van der Waals surface area contributed by atoms with Gasteiger partial charge in [-0.25, -0.2) is 0 Å². The quantitative estimate of drug-likeness (QED) is 0.730. The fourth-order valence-electron chi connectivity index (χ4n) is 2.33. The highest BCUT2D eigenvalue weighted by molar-refractivity contribution is 9.10. The van der Waals surface area contributed by atoms with Crippen molar-refractivity contribution in [1.82, 2.24) is 5.32 Å². The zero-order valence-electron chi connectivity index (χ0n) is 12.5. The molecule has 3 rings (SSSR count). The van der Waals surface area contributed by atoms with Crippen LogP contribution in [0.1, 0.15) is 23.0 Å². The van der Waals surface area contributed by atoms with E-state index in [2.05, 4.69) is 21.2 Å². The van der Waals surface area contributed by atoms with Crippen LogP contribution < -0.4 is 5.32 Å². The van der Waals surface area contributed by atoms with Gasteiger partial charge in [0.1, 0.15) is 16.9 Å². The van der Waals surface area contributed by atoms with E-state index in [0.29, 0.717) is 21.4 Å². The molecule has 2 N–H and O–H groups in total. The lowest BCUT2D eigenvalue weighted by atomic mass is 10.0. The number of benzene rings is 2. The maximum Gasteiger partial charge on any atom is 0.252 e. The standard InChI is InChI=1S/C18H16BrNO3/c1-18(22,16-10-12-6-2-5-9-15(12)23-16)11-20-17(21)13-7-3-4-8-14(13)19/h2-10,22H,11H2,1H3,(H,20,21)/t18-/m0/s1. The van der Waals surface area contributed by atoms with Crippen LogP contribution in [-0.4, -0.2) is 17.6 Å². The number of hydrogen-bond donors (Lipinski definition) is 2. The van der Waals surface area contributed by atoms with E-state index in [9.17, 15) is 9.90 Å². The van der Waals surface area contributed by atoms with Crippen molar-refractivity contribution in [1.29, 1.82) is 0 Å². The highest BCUT2D eigenvalue weighted by Gasteiger charge is 2.28. The monoisotopic (exact) mass is 373 g/mol. The molecule has 3 aromatic rings. The molecule has 0 fully saturated rings. The van der Waals surface area contributed by atoms with Crippen molar-refractivity contribution in [2.75, 3.05) is 6.54 Å². The third kappa shape index (κ3) is 3.30. The van der Waals surface area contributed by atoms with E-state index in [1.165, 1.54) is 0 Å². The van der Waals surface area contributed by atoms with Crippen LogP contribution in [0.4, 0.5) is 0 Å². The molecule has 0 saturated carbocycles. The van der Waals surface area contributed by atoms with Gasteiger partial charge in [-0.3, -0.25) is 4.79 Å². The minimum atomic E-state index is -1.30. The Morgan fingerprint density at radius 3 is 2.65 bits per heavy atom. The number of carbonyl (C=O) groups is 1. The molecule has 118 valence electrons. The van der Waals surface area contributed by atoms with Crippen LogP contribution in [0.25, 0.3) is 11.0 Å². The average molecular weight is 374 g/mol. The van der Waals surface area contributed by atoms with Gasteiger partial charge < -0.3 is 14.8 Å². The first-order chi connectivity index (χ1) is 11.0. The molecular weight excluding hydrogens is 358 g/mol. The molecule has 5 heteroatoms. The van der Waals surface area contributed by atoms with Gasteiger partial charge in [0, 0.05) is 9.86 Å². The third-order valence-corrected chi connectivity index (χ3v) is 4.36. The van der Waals surface area contributed by atoms with Crippen LogP contribution in [0.3, 0.4) is 0 Å². The molecule has 1 atom stereocenters. The smallest absolute Gasteiger partial charge is 0.252 e. The Hall–Kier alpha value is -2.11. The number of para-hydroxylation sites is 1. The fourth-order valence-corrected chi connectivity index (χ4v) is 2.79. The summed E-state index contributed by atoms with van der Waals surface area (Å²) in [7, 11) is 0. The molecule has 1 amide bonds. The molecule has 0 radical (unpaired) electrons. The second kappa shape index (κ2) is 6.18. The normalized spacial score (nSPS) is 13.7. The van der Waals surface area contributed by atoms with Crippen molar-refractivity contribution < 1.29 is 14.3 Å². The van der Waals surface area contributed by atoms with Crippen molar-refractivity contribution in [3.05, 3.63) is 70.4 Å². The van der Waals surface area contributed by atoms with Gasteiger partial charge in [0.25, 0.3) is 5.91 Å². The maximum atomic E-state index is 12.2. The molecule has 0 aliphatic heterocycles. The van der Waals surface area contributed by atoms with E-state index in [1.54, 1.807) is 31.2 Å². The number of carbonyl (C=O) groups excluding carboxylic acids is 1. The van der Waals surface area contributed by atoms with Crippen molar-refractivity contribution in [3.8, 4) is 0 Å². The molecule has 1 aromatic heterocycles. The summed E-state index contributed by atoms with van der Waals surface area (Å²) in [6, 6.07) is 16.5. The molecule has 0 aliphatic rings. The van der Waals surface area contributed by atoms with Gasteiger partial charge in [-0.1, -0.05) is 30.3 Å². The van der Waals surface area contributed by atoms with Crippen molar-refractivity contribution in [3.63, 3.8) is 0 Å². The molecule has 0 bridgehead atoms. The molecule has 23 heavy (non-hydrogen) atoms. The van der Waals surface area contributed by atoms with Crippen molar-refractivity contribution >= 4 is 32.8 Å². The number of amides is 1. The number of nitrogens with one attached hydrogen (secondary N) is 1. The van der Waals surface area contributed by atoms with Crippen molar-refractivity contribution in [2.24, 2.45) is 0 Å².